The second-order valence-corrected chi connectivity index (χ2v) is 8.56. The summed E-state index contributed by atoms with van der Waals surface area (Å²) in [5.41, 5.74) is 3.53. The molecule has 3 aromatic carbocycles. The van der Waals surface area contributed by atoms with Crippen LogP contribution in [0.15, 0.2) is 97.1 Å². The molecule has 0 unspecified atom stereocenters. The molecule has 0 saturated carbocycles. The number of hydrogen-bond donors (Lipinski definition) is 0. The van der Waals surface area contributed by atoms with Gasteiger partial charge in [0.05, 0.1) is 0 Å². The van der Waals surface area contributed by atoms with E-state index in [9.17, 15) is 0 Å². The molecule has 4 rings (SSSR count). The van der Waals surface area contributed by atoms with Gasteiger partial charge in [0.2, 0.25) is 0 Å². The van der Waals surface area contributed by atoms with Gasteiger partial charge in [0.1, 0.15) is 0 Å². The molecule has 0 heterocycles. The lowest BCUT2D eigenvalue weighted by Crippen LogP contribution is -2.21. The molecule has 0 bridgehead atoms. The average Bonchev–Trinajstić information content (AvgIpc) is 3.14. The second-order valence-electron chi connectivity index (χ2n) is 6.16. The Bertz CT molecular complexity index is 767. The zero-order valence-corrected chi connectivity index (χ0v) is 14.6. The molecule has 0 saturated heterocycles. The lowest BCUT2D eigenvalue weighted by atomic mass is 10.1. The fourth-order valence-corrected chi connectivity index (χ4v) is 6.53. The van der Waals surface area contributed by atoms with Gasteiger partial charge in [-0.1, -0.05) is 97.1 Å². The van der Waals surface area contributed by atoms with Gasteiger partial charge >= 0.3 is 0 Å². The Balaban J connectivity index is 1.78. The van der Waals surface area contributed by atoms with E-state index in [4.69, 9.17) is 0 Å². The van der Waals surface area contributed by atoms with Gasteiger partial charge in [-0.25, -0.2) is 0 Å². The maximum Gasteiger partial charge on any atom is 0.0128 e. The minimum Gasteiger partial charge on any atom is -0.0800 e. The van der Waals surface area contributed by atoms with Crippen LogP contribution in [0.25, 0.3) is 5.57 Å². The predicted molar refractivity (Wildman–Crippen MR) is 107 cm³/mol. The number of benzene rings is 3. The van der Waals surface area contributed by atoms with E-state index in [0.717, 1.165) is 0 Å². The van der Waals surface area contributed by atoms with Crippen molar-refractivity contribution < 1.29 is 0 Å². The van der Waals surface area contributed by atoms with Crippen LogP contribution in [0, 0.1) is 0 Å². The highest BCUT2D eigenvalue weighted by molar-refractivity contribution is 7.74. The van der Waals surface area contributed by atoms with Crippen molar-refractivity contribution in [2.24, 2.45) is 0 Å². The quantitative estimate of drug-likeness (QED) is 0.565. The molecule has 0 spiro atoms. The van der Waals surface area contributed by atoms with E-state index in [1.54, 1.807) is 0 Å². The zero-order chi connectivity index (χ0) is 16.2. The van der Waals surface area contributed by atoms with Gasteiger partial charge in [0, 0.05) is 5.66 Å². The van der Waals surface area contributed by atoms with Crippen molar-refractivity contribution in [2.45, 2.75) is 18.5 Å². The van der Waals surface area contributed by atoms with Crippen LogP contribution < -0.4 is 10.6 Å². The Hall–Kier alpha value is -2.17. The number of allylic oxidation sites excluding steroid dienone is 2. The van der Waals surface area contributed by atoms with E-state index in [-0.39, 0.29) is 7.92 Å². The third-order valence-electron chi connectivity index (χ3n) is 4.65. The van der Waals surface area contributed by atoms with Gasteiger partial charge in [-0.15, -0.1) is 0 Å². The first-order valence-electron chi connectivity index (χ1n) is 8.58. The van der Waals surface area contributed by atoms with Crippen LogP contribution in [0.1, 0.15) is 18.4 Å². The fourth-order valence-electron chi connectivity index (χ4n) is 3.58. The molecule has 3 aromatic rings. The Kier molecular flexibility index (Phi) is 4.58. The van der Waals surface area contributed by atoms with Crippen LogP contribution in [0.3, 0.4) is 0 Å². The smallest absolute Gasteiger partial charge is 0.0128 e. The lowest BCUT2D eigenvalue weighted by molar-refractivity contribution is 0.944. The topological polar surface area (TPSA) is 0 Å². The highest BCUT2D eigenvalue weighted by atomic mass is 31.1. The predicted octanol–water partition coefficient (Wildman–Crippen LogP) is 5.37. The average molecular weight is 328 g/mol. The molecule has 1 heteroatoms. The Morgan fingerprint density at radius 2 is 1.12 bits per heavy atom. The molecule has 0 N–H and O–H groups in total. The minimum atomic E-state index is -0.383. The molecule has 1 atom stereocenters. The molecular weight excluding hydrogens is 307 g/mol. The van der Waals surface area contributed by atoms with Crippen molar-refractivity contribution in [1.29, 1.82) is 0 Å². The molecule has 118 valence electrons. The molecule has 0 amide bonds. The van der Waals surface area contributed by atoms with Gasteiger partial charge in [-0.05, 0) is 42.5 Å². The lowest BCUT2D eigenvalue weighted by Gasteiger charge is -2.28. The van der Waals surface area contributed by atoms with Gasteiger partial charge in [0.25, 0.3) is 0 Å². The summed E-state index contributed by atoms with van der Waals surface area (Å²) in [7, 11) is -0.383. The van der Waals surface area contributed by atoms with Crippen LogP contribution >= 0.6 is 7.92 Å². The summed E-state index contributed by atoms with van der Waals surface area (Å²) in [4.78, 5) is 0. The maximum atomic E-state index is 2.46. The SMILES string of the molecule is C1=C(c2ccccc2)[C@@H](P(c2ccccc2)c2ccccc2)CC1. The molecule has 0 aromatic heterocycles. The van der Waals surface area contributed by atoms with Gasteiger partial charge in [0.15, 0.2) is 0 Å². The van der Waals surface area contributed by atoms with Crippen molar-refractivity contribution in [3.8, 4) is 0 Å². The van der Waals surface area contributed by atoms with Gasteiger partial charge in [-0.3, -0.25) is 0 Å². The molecule has 0 nitrogen and oxygen atoms in total. The fraction of sp³-hybridized carbons (Fsp3) is 0.130. The molecular formula is C23H21P. The highest BCUT2D eigenvalue weighted by Crippen LogP contribution is 2.50. The standard InChI is InChI=1S/C23H21P/c1-4-11-19(12-5-1)22-17-10-18-23(22)24(20-13-6-2-7-14-20)21-15-8-3-9-16-21/h1-9,11-17,23H,10,18H2/t23-/m0/s1. The van der Waals surface area contributed by atoms with Crippen molar-refractivity contribution in [1.82, 2.24) is 0 Å². The van der Waals surface area contributed by atoms with E-state index >= 15 is 0 Å². The molecule has 0 radical (unpaired) electrons. The summed E-state index contributed by atoms with van der Waals surface area (Å²) in [5.74, 6) is 0. The Morgan fingerprint density at radius 1 is 0.625 bits per heavy atom. The molecule has 24 heavy (non-hydrogen) atoms. The van der Waals surface area contributed by atoms with Crippen LogP contribution in [0.4, 0.5) is 0 Å². The first-order valence-corrected chi connectivity index (χ1v) is 9.99. The summed E-state index contributed by atoms with van der Waals surface area (Å²) in [6, 6.07) is 33.1. The summed E-state index contributed by atoms with van der Waals surface area (Å²) < 4.78 is 0. The monoisotopic (exact) mass is 328 g/mol. The highest BCUT2D eigenvalue weighted by Gasteiger charge is 2.30. The third-order valence-corrected chi connectivity index (χ3v) is 7.52. The summed E-state index contributed by atoms with van der Waals surface area (Å²) in [5, 5.41) is 2.96. The molecule has 1 aliphatic carbocycles. The van der Waals surface area contributed by atoms with Crippen molar-refractivity contribution in [3.05, 3.63) is 103 Å². The van der Waals surface area contributed by atoms with E-state index in [1.807, 2.05) is 0 Å². The first-order chi connectivity index (χ1) is 11.9. The number of rotatable bonds is 4. The molecule has 0 fully saturated rings. The minimum absolute atomic E-state index is 0.383. The van der Waals surface area contributed by atoms with Crippen LogP contribution in [-0.2, 0) is 0 Å². The Labute approximate surface area is 145 Å². The van der Waals surface area contributed by atoms with Crippen molar-refractivity contribution in [3.63, 3.8) is 0 Å². The third kappa shape index (κ3) is 3.07. The Morgan fingerprint density at radius 3 is 1.67 bits per heavy atom. The molecule has 1 aliphatic rings. The van der Waals surface area contributed by atoms with Gasteiger partial charge in [-0.2, -0.15) is 0 Å². The summed E-state index contributed by atoms with van der Waals surface area (Å²) in [6.07, 6.45) is 4.90. The van der Waals surface area contributed by atoms with Crippen molar-refractivity contribution >= 4 is 24.1 Å². The van der Waals surface area contributed by atoms with Crippen molar-refractivity contribution in [2.75, 3.05) is 0 Å². The summed E-state index contributed by atoms with van der Waals surface area (Å²) >= 11 is 0. The second kappa shape index (κ2) is 7.16. The maximum absolute atomic E-state index is 2.46. The van der Waals surface area contributed by atoms with E-state index in [1.165, 1.54) is 34.6 Å². The zero-order valence-electron chi connectivity index (χ0n) is 13.7. The van der Waals surface area contributed by atoms with Crippen LogP contribution in [0.2, 0.25) is 0 Å². The van der Waals surface area contributed by atoms with E-state index < -0.39 is 0 Å². The first kappa shape index (κ1) is 15.4. The summed E-state index contributed by atoms with van der Waals surface area (Å²) in [6.45, 7) is 0. The largest absolute Gasteiger partial charge is 0.0800 e. The van der Waals surface area contributed by atoms with Gasteiger partial charge < -0.3 is 0 Å². The van der Waals surface area contributed by atoms with E-state index in [2.05, 4.69) is 97.1 Å². The van der Waals surface area contributed by atoms with Crippen LogP contribution in [0.5, 0.6) is 0 Å². The molecule has 0 aliphatic heterocycles. The van der Waals surface area contributed by atoms with Crippen LogP contribution in [-0.4, -0.2) is 5.66 Å². The number of hydrogen-bond acceptors (Lipinski definition) is 0. The van der Waals surface area contributed by atoms with E-state index in [0.29, 0.717) is 5.66 Å². The normalized spacial score (nSPS) is 17.0.